The fourth-order valence-electron chi connectivity index (χ4n) is 1.87. The Morgan fingerprint density at radius 3 is 2.65 bits per heavy atom. The Morgan fingerprint density at radius 2 is 2.06 bits per heavy atom. The van der Waals surface area contributed by atoms with Gasteiger partial charge in [-0.15, -0.1) is 0 Å². The van der Waals surface area contributed by atoms with Crippen molar-refractivity contribution < 1.29 is 37.5 Å². The Balaban J connectivity index is 0.00000144. The van der Waals surface area contributed by atoms with Crippen molar-refractivity contribution in [1.29, 1.82) is 0 Å². The monoisotopic (exact) mass is 233 g/mol. The van der Waals surface area contributed by atoms with Gasteiger partial charge in [0.15, 0.2) is 11.6 Å². The van der Waals surface area contributed by atoms with Gasteiger partial charge in [0, 0.05) is 19.1 Å². The third-order valence-electron chi connectivity index (χ3n) is 2.68. The molecule has 1 aromatic carbocycles. The van der Waals surface area contributed by atoms with Gasteiger partial charge in [0.2, 0.25) is 0 Å². The van der Waals surface area contributed by atoms with Crippen LogP contribution < -0.4 is 28.9 Å². The quantitative estimate of drug-likeness (QED) is 0.544. The van der Waals surface area contributed by atoms with Gasteiger partial charge in [-0.3, -0.25) is 0 Å². The zero-order valence-corrected chi connectivity index (χ0v) is 9.45. The van der Waals surface area contributed by atoms with Crippen LogP contribution in [0.5, 0.6) is 0 Å². The largest absolute Gasteiger partial charge is 1.00 e. The first-order valence-electron chi connectivity index (χ1n) is 4.96. The smallest absolute Gasteiger partial charge is 0.550 e. The Labute approximate surface area is 110 Å². The van der Waals surface area contributed by atoms with E-state index in [0.717, 1.165) is 6.07 Å². The molecule has 0 unspecified atom stereocenters. The Hall–Kier alpha value is -1.05. The molecule has 17 heavy (non-hydrogen) atoms. The van der Waals surface area contributed by atoms with Crippen LogP contribution in [-0.4, -0.2) is 19.1 Å². The van der Waals surface area contributed by atoms with Gasteiger partial charge in [-0.1, -0.05) is 6.07 Å². The topological polar surface area (TPSA) is 43.4 Å². The average Bonchev–Trinajstić information content (AvgIpc) is 2.16. The molecular formula is C11H10F2LiNO2. The van der Waals surface area contributed by atoms with Crippen molar-refractivity contribution in [2.45, 2.75) is 6.42 Å². The minimum Gasteiger partial charge on any atom is -0.550 e. The molecule has 1 fully saturated rings. The van der Waals surface area contributed by atoms with Crippen LogP contribution in [0.25, 0.3) is 0 Å². The fourth-order valence-corrected chi connectivity index (χ4v) is 1.87. The van der Waals surface area contributed by atoms with Gasteiger partial charge in [0.1, 0.15) is 0 Å². The summed E-state index contributed by atoms with van der Waals surface area (Å²) < 4.78 is 26.2. The maximum absolute atomic E-state index is 13.3. The molecule has 0 spiro atoms. The fraction of sp³-hybridized carbons (Fsp3) is 0.364. The van der Waals surface area contributed by atoms with E-state index < -0.39 is 17.6 Å². The number of carboxylic acid groups (broad SMARTS) is 1. The summed E-state index contributed by atoms with van der Waals surface area (Å²) in [6.07, 6.45) is -0.0343. The summed E-state index contributed by atoms with van der Waals surface area (Å²) in [7, 11) is 0. The van der Waals surface area contributed by atoms with Gasteiger partial charge in [0.25, 0.3) is 0 Å². The SMILES string of the molecule is O=C([O-])CC1CN(c2cccc(F)c2F)C1.[Li+]. The second kappa shape index (κ2) is 5.52. The van der Waals surface area contributed by atoms with Crippen molar-refractivity contribution >= 4 is 11.7 Å². The third kappa shape index (κ3) is 2.99. The molecule has 3 nitrogen and oxygen atoms in total. The van der Waals surface area contributed by atoms with E-state index in [-0.39, 0.29) is 36.9 Å². The molecule has 1 aliphatic rings. The molecule has 1 saturated heterocycles. The standard InChI is InChI=1S/C11H11F2NO2.Li/c12-8-2-1-3-9(11(8)13)14-5-7(6-14)4-10(15)16;/h1-3,7H,4-6H2,(H,15,16);/q;+1/p-1. The van der Waals surface area contributed by atoms with Gasteiger partial charge in [-0.05, 0) is 24.5 Å². The molecule has 1 aliphatic heterocycles. The van der Waals surface area contributed by atoms with Crippen molar-refractivity contribution in [3.8, 4) is 0 Å². The average molecular weight is 233 g/mol. The molecule has 6 heteroatoms. The van der Waals surface area contributed by atoms with E-state index in [1.54, 1.807) is 4.90 Å². The van der Waals surface area contributed by atoms with Crippen LogP contribution in [0.2, 0.25) is 0 Å². The van der Waals surface area contributed by atoms with Crippen molar-refractivity contribution in [2.75, 3.05) is 18.0 Å². The summed E-state index contributed by atoms with van der Waals surface area (Å²) in [5.41, 5.74) is 0.189. The summed E-state index contributed by atoms with van der Waals surface area (Å²) in [4.78, 5) is 11.9. The number of hydrogen-bond donors (Lipinski definition) is 0. The molecule has 0 N–H and O–H groups in total. The molecule has 0 atom stereocenters. The van der Waals surface area contributed by atoms with E-state index in [9.17, 15) is 18.7 Å². The van der Waals surface area contributed by atoms with Gasteiger partial charge in [0.05, 0.1) is 5.69 Å². The van der Waals surface area contributed by atoms with E-state index >= 15 is 0 Å². The first-order chi connectivity index (χ1) is 7.58. The molecule has 0 saturated carbocycles. The number of aliphatic carboxylic acids is 1. The van der Waals surface area contributed by atoms with Gasteiger partial charge in [-0.2, -0.15) is 0 Å². The van der Waals surface area contributed by atoms with Crippen molar-refractivity contribution in [3.63, 3.8) is 0 Å². The maximum Gasteiger partial charge on any atom is 1.00 e. The van der Waals surface area contributed by atoms with E-state index in [1.165, 1.54) is 12.1 Å². The van der Waals surface area contributed by atoms with Gasteiger partial charge < -0.3 is 14.8 Å². The maximum atomic E-state index is 13.3. The van der Waals surface area contributed by atoms with Gasteiger partial charge in [-0.25, -0.2) is 8.78 Å². The first-order valence-corrected chi connectivity index (χ1v) is 4.96. The predicted octanol–water partition coefficient (Wildman–Crippen LogP) is -2.45. The Kier molecular flexibility index (Phi) is 4.55. The molecular weight excluding hydrogens is 223 g/mol. The zero-order chi connectivity index (χ0) is 11.7. The number of nitrogens with zero attached hydrogens (tertiary/aromatic N) is 1. The minimum atomic E-state index is -1.11. The Morgan fingerprint density at radius 1 is 1.41 bits per heavy atom. The van der Waals surface area contributed by atoms with Crippen LogP contribution in [-0.2, 0) is 4.79 Å². The van der Waals surface area contributed by atoms with E-state index in [2.05, 4.69) is 0 Å². The summed E-state index contributed by atoms with van der Waals surface area (Å²) in [5, 5.41) is 10.3. The van der Waals surface area contributed by atoms with Gasteiger partial charge >= 0.3 is 18.9 Å². The molecule has 0 aliphatic carbocycles. The molecule has 0 radical (unpaired) electrons. The molecule has 1 aromatic rings. The summed E-state index contributed by atoms with van der Waals surface area (Å²) in [6.45, 7) is 0.850. The summed E-state index contributed by atoms with van der Waals surface area (Å²) in [5.74, 6) is -2.91. The normalized spacial score (nSPS) is 15.1. The molecule has 0 bridgehead atoms. The van der Waals surface area contributed by atoms with E-state index in [0.29, 0.717) is 13.1 Å². The Bertz CT molecular complexity index is 422. The van der Waals surface area contributed by atoms with Crippen molar-refractivity contribution in [3.05, 3.63) is 29.8 Å². The number of rotatable bonds is 3. The van der Waals surface area contributed by atoms with Crippen LogP contribution >= 0.6 is 0 Å². The number of hydrogen-bond acceptors (Lipinski definition) is 3. The second-order valence-corrected chi connectivity index (χ2v) is 3.92. The number of anilines is 1. The van der Waals surface area contributed by atoms with Crippen LogP contribution in [0.1, 0.15) is 6.42 Å². The summed E-state index contributed by atoms with van der Waals surface area (Å²) >= 11 is 0. The van der Waals surface area contributed by atoms with E-state index in [4.69, 9.17) is 0 Å². The predicted molar refractivity (Wildman–Crippen MR) is 51.7 cm³/mol. The molecule has 0 aromatic heterocycles. The number of carbonyl (C=O) groups is 1. The van der Waals surface area contributed by atoms with Crippen molar-refractivity contribution in [1.82, 2.24) is 0 Å². The molecule has 2 rings (SSSR count). The second-order valence-electron chi connectivity index (χ2n) is 3.92. The third-order valence-corrected chi connectivity index (χ3v) is 2.68. The summed E-state index contributed by atoms with van der Waals surface area (Å²) in [6, 6.07) is 3.96. The number of benzene rings is 1. The van der Waals surface area contributed by atoms with E-state index in [1.807, 2.05) is 0 Å². The number of halogens is 2. The van der Waals surface area contributed by atoms with Crippen LogP contribution in [0.4, 0.5) is 14.5 Å². The van der Waals surface area contributed by atoms with Crippen LogP contribution in [0, 0.1) is 17.6 Å². The van der Waals surface area contributed by atoms with Crippen LogP contribution in [0.3, 0.4) is 0 Å². The molecule has 0 amide bonds. The molecule has 1 heterocycles. The first kappa shape index (κ1) is 14.0. The van der Waals surface area contributed by atoms with Crippen LogP contribution in [0.15, 0.2) is 18.2 Å². The zero-order valence-electron chi connectivity index (χ0n) is 9.45. The van der Waals surface area contributed by atoms with Crippen molar-refractivity contribution in [2.24, 2.45) is 5.92 Å². The minimum absolute atomic E-state index is 0. The molecule has 86 valence electrons. The number of carbonyl (C=O) groups excluding carboxylic acids is 1. The number of carboxylic acids is 1.